The molecule has 0 heterocycles. The second kappa shape index (κ2) is 7.50. The first-order chi connectivity index (χ1) is 12.1. The van der Waals surface area contributed by atoms with Crippen molar-refractivity contribution in [1.82, 2.24) is 0 Å². The minimum Gasteiger partial charge on any atom is -0.508 e. The van der Waals surface area contributed by atoms with E-state index in [1.807, 2.05) is 0 Å². The van der Waals surface area contributed by atoms with E-state index >= 15 is 0 Å². The van der Waals surface area contributed by atoms with Crippen molar-refractivity contribution in [1.29, 1.82) is 0 Å². The van der Waals surface area contributed by atoms with E-state index in [0.29, 0.717) is 5.57 Å². The highest BCUT2D eigenvalue weighted by atomic mass is 16.4. The number of allylic oxidation sites excluding steroid dienone is 1. The molecule has 0 saturated heterocycles. The van der Waals surface area contributed by atoms with E-state index in [2.05, 4.69) is 0 Å². The highest BCUT2D eigenvalue weighted by Gasteiger charge is 2.68. The SMILES string of the molecule is CC(C)=CC[C@]1(O)C(O)=C(C(=O)C(C)C)C(=O)[C@]1(O)C(=O)/C=C/C(C)(C)O. The minimum absolute atomic E-state index is 0.458. The second-order valence-corrected chi connectivity index (χ2v) is 7.98. The smallest absolute Gasteiger partial charge is 0.226 e. The summed E-state index contributed by atoms with van der Waals surface area (Å²) in [5, 5.41) is 42.2. The maximum absolute atomic E-state index is 12.8. The van der Waals surface area contributed by atoms with E-state index in [-0.39, 0.29) is 0 Å². The van der Waals surface area contributed by atoms with Gasteiger partial charge in [0, 0.05) is 12.3 Å². The molecular weight excluding hydrogens is 352 g/mol. The van der Waals surface area contributed by atoms with Crippen LogP contribution in [0.15, 0.2) is 35.1 Å². The molecule has 0 saturated carbocycles. The molecule has 0 unspecified atom stereocenters. The van der Waals surface area contributed by atoms with Gasteiger partial charge in [-0.1, -0.05) is 31.6 Å². The first-order valence-electron chi connectivity index (χ1n) is 8.66. The molecule has 0 radical (unpaired) electrons. The fourth-order valence-electron chi connectivity index (χ4n) is 2.68. The predicted molar refractivity (Wildman–Crippen MR) is 98.9 cm³/mol. The molecular formula is C20H28O7. The topological polar surface area (TPSA) is 132 Å². The molecule has 4 N–H and O–H groups in total. The minimum atomic E-state index is -3.08. The molecule has 1 aliphatic rings. The number of hydrogen-bond donors (Lipinski definition) is 4. The number of carbonyl (C=O) groups is 3. The van der Waals surface area contributed by atoms with Crippen LogP contribution in [0.2, 0.25) is 0 Å². The predicted octanol–water partition coefficient (Wildman–Crippen LogP) is 1.32. The van der Waals surface area contributed by atoms with Crippen LogP contribution in [0.25, 0.3) is 0 Å². The number of Topliss-reactive ketones (excluding diaryl/α,β-unsaturated/α-hetero) is 2. The lowest BCUT2D eigenvalue weighted by atomic mass is 9.77. The van der Waals surface area contributed by atoms with Crippen molar-refractivity contribution < 1.29 is 34.8 Å². The Bertz CT molecular complexity index is 745. The van der Waals surface area contributed by atoms with Crippen molar-refractivity contribution in [2.45, 2.75) is 64.8 Å². The zero-order chi connectivity index (χ0) is 21.4. The van der Waals surface area contributed by atoms with Crippen molar-refractivity contribution in [3.8, 4) is 0 Å². The third kappa shape index (κ3) is 4.10. The van der Waals surface area contributed by atoms with Gasteiger partial charge in [0.15, 0.2) is 17.2 Å². The average molecular weight is 380 g/mol. The summed E-state index contributed by atoms with van der Waals surface area (Å²) in [5.74, 6) is -5.10. The van der Waals surface area contributed by atoms with Crippen LogP contribution in [0.4, 0.5) is 0 Å². The van der Waals surface area contributed by atoms with Crippen LogP contribution in [0.5, 0.6) is 0 Å². The number of hydrogen-bond acceptors (Lipinski definition) is 7. The Morgan fingerprint density at radius 2 is 1.70 bits per heavy atom. The highest BCUT2D eigenvalue weighted by Crippen LogP contribution is 2.44. The summed E-state index contributed by atoms with van der Waals surface area (Å²) >= 11 is 0. The Kier molecular flexibility index (Phi) is 6.37. The van der Waals surface area contributed by atoms with Crippen molar-refractivity contribution in [2.75, 3.05) is 0 Å². The molecule has 0 bridgehead atoms. The Balaban J connectivity index is 3.64. The second-order valence-electron chi connectivity index (χ2n) is 7.98. The van der Waals surface area contributed by atoms with E-state index in [0.717, 1.165) is 12.2 Å². The Hall–Kier alpha value is -2.09. The van der Waals surface area contributed by atoms with Gasteiger partial charge >= 0.3 is 0 Å². The lowest BCUT2D eigenvalue weighted by molar-refractivity contribution is -0.168. The fourth-order valence-corrected chi connectivity index (χ4v) is 2.68. The first-order valence-corrected chi connectivity index (χ1v) is 8.66. The molecule has 0 fully saturated rings. The summed E-state index contributed by atoms with van der Waals surface area (Å²) in [7, 11) is 0. The maximum atomic E-state index is 12.8. The summed E-state index contributed by atoms with van der Waals surface area (Å²) in [4.78, 5) is 37.9. The van der Waals surface area contributed by atoms with Crippen LogP contribution in [0, 0.1) is 5.92 Å². The summed E-state index contributed by atoms with van der Waals surface area (Å²) < 4.78 is 0. The van der Waals surface area contributed by atoms with Gasteiger partial charge in [-0.15, -0.1) is 0 Å². The van der Waals surface area contributed by atoms with Crippen LogP contribution >= 0.6 is 0 Å². The van der Waals surface area contributed by atoms with Crippen LogP contribution in [0.3, 0.4) is 0 Å². The number of rotatable bonds is 7. The molecule has 1 aliphatic carbocycles. The zero-order valence-electron chi connectivity index (χ0n) is 16.5. The van der Waals surface area contributed by atoms with E-state index in [1.54, 1.807) is 13.8 Å². The van der Waals surface area contributed by atoms with Gasteiger partial charge < -0.3 is 20.4 Å². The van der Waals surface area contributed by atoms with E-state index in [4.69, 9.17) is 0 Å². The number of carbonyl (C=O) groups excluding carboxylic acids is 3. The Morgan fingerprint density at radius 1 is 1.19 bits per heavy atom. The average Bonchev–Trinajstić information content (AvgIpc) is 2.69. The molecule has 0 aromatic heterocycles. The Labute approximate surface area is 158 Å². The first kappa shape index (κ1) is 23.0. The highest BCUT2D eigenvalue weighted by molar-refractivity contribution is 6.34. The molecule has 150 valence electrons. The van der Waals surface area contributed by atoms with Crippen molar-refractivity contribution in [2.24, 2.45) is 5.92 Å². The molecule has 0 amide bonds. The largest absolute Gasteiger partial charge is 0.508 e. The number of aliphatic hydroxyl groups is 4. The number of aliphatic hydroxyl groups excluding tert-OH is 1. The quantitative estimate of drug-likeness (QED) is 0.227. The van der Waals surface area contributed by atoms with Crippen LogP contribution in [0.1, 0.15) is 48.0 Å². The Morgan fingerprint density at radius 3 is 2.11 bits per heavy atom. The monoisotopic (exact) mass is 380 g/mol. The molecule has 0 aliphatic heterocycles. The lowest BCUT2D eigenvalue weighted by Gasteiger charge is -2.34. The summed E-state index contributed by atoms with van der Waals surface area (Å²) in [6.07, 6.45) is 2.79. The van der Waals surface area contributed by atoms with Gasteiger partial charge in [0.2, 0.25) is 11.4 Å². The van der Waals surface area contributed by atoms with Gasteiger partial charge in [0.05, 0.1) is 5.60 Å². The molecule has 1 rings (SSSR count). The summed E-state index contributed by atoms with van der Waals surface area (Å²) in [6, 6.07) is 0. The molecule has 27 heavy (non-hydrogen) atoms. The zero-order valence-corrected chi connectivity index (χ0v) is 16.5. The lowest BCUT2D eigenvalue weighted by Crippen LogP contribution is -2.61. The van der Waals surface area contributed by atoms with Gasteiger partial charge in [-0.3, -0.25) is 14.4 Å². The number of ketones is 3. The normalized spacial score (nSPS) is 26.2. The molecule has 0 spiro atoms. The third-order valence-electron chi connectivity index (χ3n) is 4.36. The fraction of sp³-hybridized carbons (Fsp3) is 0.550. The standard InChI is InChI=1S/C20H28O7/c1-11(2)7-10-19(26)16(23)14(15(22)12(3)4)17(24)20(19,27)13(21)8-9-18(5,6)25/h7-9,12,23,25-27H,10H2,1-6H3/b9-8+/t19-,20+/m0/s1. The van der Waals surface area contributed by atoms with Gasteiger partial charge in [-0.2, -0.15) is 0 Å². The molecule has 2 atom stereocenters. The third-order valence-corrected chi connectivity index (χ3v) is 4.36. The van der Waals surface area contributed by atoms with E-state index in [9.17, 15) is 34.8 Å². The summed E-state index contributed by atoms with van der Waals surface area (Å²) in [6.45, 7) is 9.09. The van der Waals surface area contributed by atoms with Crippen LogP contribution < -0.4 is 0 Å². The van der Waals surface area contributed by atoms with Crippen LogP contribution in [-0.2, 0) is 14.4 Å². The van der Waals surface area contributed by atoms with Crippen molar-refractivity contribution in [3.63, 3.8) is 0 Å². The van der Waals surface area contributed by atoms with Gasteiger partial charge in [0.1, 0.15) is 11.3 Å². The van der Waals surface area contributed by atoms with Crippen molar-refractivity contribution in [3.05, 3.63) is 35.1 Å². The van der Waals surface area contributed by atoms with Gasteiger partial charge in [-0.25, -0.2) is 0 Å². The van der Waals surface area contributed by atoms with Crippen molar-refractivity contribution >= 4 is 17.3 Å². The van der Waals surface area contributed by atoms with Gasteiger partial charge in [-0.05, 0) is 33.8 Å². The van der Waals surface area contributed by atoms with E-state index in [1.165, 1.54) is 33.8 Å². The van der Waals surface area contributed by atoms with Gasteiger partial charge in [0.25, 0.3) is 0 Å². The maximum Gasteiger partial charge on any atom is 0.226 e. The molecule has 7 heteroatoms. The molecule has 7 nitrogen and oxygen atoms in total. The van der Waals surface area contributed by atoms with E-state index < -0.39 is 57.8 Å². The summed E-state index contributed by atoms with van der Waals surface area (Å²) in [5.41, 5.74) is -7.26. The van der Waals surface area contributed by atoms with Crippen LogP contribution in [-0.4, -0.2) is 54.6 Å². The molecule has 0 aromatic rings. The molecule has 0 aromatic carbocycles.